The Hall–Kier alpha value is -6.77. The van der Waals surface area contributed by atoms with E-state index in [4.69, 9.17) is 5.73 Å². The maximum Gasteiger partial charge on any atom is 0.123 e. The van der Waals surface area contributed by atoms with Crippen molar-refractivity contribution < 1.29 is 4.39 Å². The first-order valence-electron chi connectivity index (χ1n) is 19.2. The van der Waals surface area contributed by atoms with Crippen molar-refractivity contribution in [3.05, 3.63) is 252 Å². The summed E-state index contributed by atoms with van der Waals surface area (Å²) in [4.78, 5) is 0. The van der Waals surface area contributed by atoms with Gasteiger partial charge in [-0.3, -0.25) is 0 Å². The Morgan fingerprint density at radius 3 is 1.39 bits per heavy atom. The summed E-state index contributed by atoms with van der Waals surface area (Å²) in [6.07, 6.45) is 6.26. The summed E-state index contributed by atoms with van der Waals surface area (Å²) in [5.41, 5.74) is 18.8. The molecule has 276 valence electrons. The molecular weight excluding hydrogens is 682 g/mol. The molecule has 0 aliphatic carbocycles. The van der Waals surface area contributed by atoms with Gasteiger partial charge < -0.3 is 5.73 Å². The minimum atomic E-state index is -0.229. The van der Waals surface area contributed by atoms with E-state index in [2.05, 4.69) is 147 Å². The topological polar surface area (TPSA) is 26.0 Å². The second kappa shape index (κ2) is 20.1. The molecule has 0 aliphatic heterocycles. The lowest BCUT2D eigenvalue weighted by molar-refractivity contribution is 0.628. The third kappa shape index (κ3) is 10.9. The lowest BCUT2D eigenvalue weighted by Crippen LogP contribution is -1.97. The number of aryl methyl sites for hydroxylation is 2. The normalized spacial score (nSPS) is 11.2. The number of hydrogen-bond acceptors (Lipinski definition) is 1. The zero-order valence-electron chi connectivity index (χ0n) is 32.2. The van der Waals surface area contributed by atoms with Crippen molar-refractivity contribution in [1.29, 1.82) is 0 Å². The zero-order chi connectivity index (χ0) is 39.0. The molecular formula is C54H48FN. The molecule has 0 bridgehead atoms. The number of rotatable bonds is 8. The molecule has 0 saturated heterocycles. The molecule has 2 heteroatoms. The van der Waals surface area contributed by atoms with Gasteiger partial charge in [0.1, 0.15) is 5.82 Å². The van der Waals surface area contributed by atoms with Crippen molar-refractivity contribution in [3.8, 4) is 22.3 Å². The largest absolute Gasteiger partial charge is 0.398 e. The molecule has 0 aliphatic rings. The summed E-state index contributed by atoms with van der Waals surface area (Å²) in [6, 6.07) is 69.3. The minimum Gasteiger partial charge on any atom is -0.398 e. The predicted molar refractivity (Wildman–Crippen MR) is 239 cm³/mol. The molecule has 0 amide bonds. The van der Waals surface area contributed by atoms with Crippen LogP contribution in [-0.2, 0) is 12.8 Å². The van der Waals surface area contributed by atoms with Gasteiger partial charge in [0.25, 0.3) is 0 Å². The van der Waals surface area contributed by atoms with Crippen LogP contribution in [0.3, 0.4) is 0 Å². The summed E-state index contributed by atoms with van der Waals surface area (Å²) in [7, 11) is 0. The summed E-state index contributed by atoms with van der Waals surface area (Å²) >= 11 is 0. The molecule has 56 heavy (non-hydrogen) atoms. The number of allylic oxidation sites excluding steroid dienone is 3. The standard InChI is InChI=1S/C39H30FN.C8H10.C7H8/c40-34-23-21-31(22-24-34)36-26-25-35(37-13-7-8-14-38(36)37)30-19-17-29(18-20-30)33(16-15-28-9-3-1-4-10-28)27-39(41)32-11-5-2-6-12-32;1-2-8-6-4-3-5-7-8;1-7-5-3-2-4-6-7/h1-14,16-27H,15,41H2;3-7H,2H2,1H3;2-6H,1H3/b33-16+,39-27-;;. The molecule has 8 aromatic rings. The van der Waals surface area contributed by atoms with Gasteiger partial charge in [0.05, 0.1) is 0 Å². The van der Waals surface area contributed by atoms with Gasteiger partial charge in [0.15, 0.2) is 0 Å². The van der Waals surface area contributed by atoms with E-state index in [-0.39, 0.29) is 5.82 Å². The van der Waals surface area contributed by atoms with E-state index in [1.54, 1.807) is 0 Å². The van der Waals surface area contributed by atoms with E-state index in [9.17, 15) is 4.39 Å². The van der Waals surface area contributed by atoms with Gasteiger partial charge >= 0.3 is 0 Å². The quantitative estimate of drug-likeness (QED) is 0.155. The van der Waals surface area contributed by atoms with E-state index in [0.717, 1.165) is 68.3 Å². The summed E-state index contributed by atoms with van der Waals surface area (Å²) in [5.74, 6) is -0.229. The van der Waals surface area contributed by atoms with Crippen LogP contribution < -0.4 is 5.73 Å². The molecule has 2 N–H and O–H groups in total. The fourth-order valence-corrected chi connectivity index (χ4v) is 6.51. The van der Waals surface area contributed by atoms with Crippen molar-refractivity contribution in [1.82, 2.24) is 0 Å². The van der Waals surface area contributed by atoms with Crippen LogP contribution >= 0.6 is 0 Å². The molecule has 1 nitrogen and oxygen atoms in total. The number of fused-ring (bicyclic) bond motifs is 1. The molecule has 0 heterocycles. The van der Waals surface area contributed by atoms with Gasteiger partial charge in [0.2, 0.25) is 0 Å². The van der Waals surface area contributed by atoms with Crippen LogP contribution in [0.2, 0.25) is 0 Å². The van der Waals surface area contributed by atoms with Gasteiger partial charge in [-0.15, -0.1) is 0 Å². The first kappa shape index (κ1) is 38.9. The Morgan fingerprint density at radius 1 is 0.482 bits per heavy atom. The molecule has 0 radical (unpaired) electrons. The average Bonchev–Trinajstić information content (AvgIpc) is 3.27. The smallest absolute Gasteiger partial charge is 0.123 e. The third-order valence-electron chi connectivity index (χ3n) is 9.62. The highest BCUT2D eigenvalue weighted by molar-refractivity contribution is 6.05. The van der Waals surface area contributed by atoms with Gasteiger partial charge in [-0.2, -0.15) is 0 Å². The van der Waals surface area contributed by atoms with Crippen molar-refractivity contribution in [2.75, 3.05) is 0 Å². The van der Waals surface area contributed by atoms with E-state index >= 15 is 0 Å². The van der Waals surface area contributed by atoms with Gasteiger partial charge in [0, 0.05) is 5.70 Å². The zero-order valence-corrected chi connectivity index (χ0v) is 32.2. The van der Waals surface area contributed by atoms with Crippen LogP contribution in [0, 0.1) is 12.7 Å². The van der Waals surface area contributed by atoms with E-state index < -0.39 is 0 Å². The Bertz CT molecular complexity index is 2450. The van der Waals surface area contributed by atoms with Crippen LogP contribution in [0.15, 0.2) is 218 Å². The monoisotopic (exact) mass is 729 g/mol. The van der Waals surface area contributed by atoms with E-state index in [1.807, 2.05) is 72.8 Å². The second-order valence-electron chi connectivity index (χ2n) is 13.6. The van der Waals surface area contributed by atoms with Crippen molar-refractivity contribution in [2.45, 2.75) is 26.7 Å². The highest BCUT2D eigenvalue weighted by Crippen LogP contribution is 2.36. The fourth-order valence-electron chi connectivity index (χ4n) is 6.51. The molecule has 0 aromatic heterocycles. The van der Waals surface area contributed by atoms with Gasteiger partial charge in [-0.1, -0.05) is 213 Å². The number of halogens is 1. The van der Waals surface area contributed by atoms with Crippen LogP contribution in [0.1, 0.15) is 34.7 Å². The predicted octanol–water partition coefficient (Wildman–Crippen LogP) is 14.2. The Kier molecular flexibility index (Phi) is 13.9. The molecule has 8 aromatic carbocycles. The van der Waals surface area contributed by atoms with E-state index in [1.165, 1.54) is 28.8 Å². The Morgan fingerprint density at radius 2 is 0.929 bits per heavy atom. The SMILES string of the molecule is CCc1ccccc1.Cc1ccccc1.N/C(=C\C(=C/Cc1ccccc1)c1ccc(-c2ccc(-c3ccc(F)cc3)c3ccccc23)cc1)c1ccccc1. The number of hydrogen-bond donors (Lipinski definition) is 1. The highest BCUT2D eigenvalue weighted by atomic mass is 19.1. The lowest BCUT2D eigenvalue weighted by Gasteiger charge is -2.13. The van der Waals surface area contributed by atoms with Crippen molar-refractivity contribution in [3.63, 3.8) is 0 Å². The first-order chi connectivity index (χ1) is 27.5. The van der Waals surface area contributed by atoms with Crippen LogP contribution in [0.4, 0.5) is 4.39 Å². The summed E-state index contributed by atoms with van der Waals surface area (Å²) < 4.78 is 13.6. The second-order valence-corrected chi connectivity index (χ2v) is 13.6. The van der Waals surface area contributed by atoms with Crippen molar-refractivity contribution >= 4 is 22.0 Å². The molecule has 0 atom stereocenters. The fraction of sp³-hybridized carbons (Fsp3) is 0.0741. The molecule has 0 spiro atoms. The molecule has 0 fully saturated rings. The summed E-state index contributed by atoms with van der Waals surface area (Å²) in [5, 5.41) is 2.30. The van der Waals surface area contributed by atoms with Gasteiger partial charge in [-0.05, 0) is 98.8 Å². The van der Waals surface area contributed by atoms with Crippen LogP contribution in [0.25, 0.3) is 44.3 Å². The van der Waals surface area contributed by atoms with E-state index in [0.29, 0.717) is 0 Å². The Balaban J connectivity index is 0.000000294. The number of benzene rings is 8. The minimum absolute atomic E-state index is 0.229. The summed E-state index contributed by atoms with van der Waals surface area (Å²) in [6.45, 7) is 4.25. The molecule has 0 saturated carbocycles. The average molecular weight is 730 g/mol. The van der Waals surface area contributed by atoms with Crippen molar-refractivity contribution in [2.24, 2.45) is 5.73 Å². The van der Waals surface area contributed by atoms with Gasteiger partial charge in [-0.25, -0.2) is 4.39 Å². The Labute approximate surface area is 332 Å². The molecule has 0 unspecified atom stereocenters. The van der Waals surface area contributed by atoms with Crippen LogP contribution in [0.5, 0.6) is 0 Å². The lowest BCUT2D eigenvalue weighted by atomic mass is 9.91. The van der Waals surface area contributed by atoms with Crippen LogP contribution in [-0.4, -0.2) is 0 Å². The number of nitrogens with two attached hydrogens (primary N) is 1. The maximum absolute atomic E-state index is 13.6. The maximum atomic E-state index is 13.6. The molecule has 8 rings (SSSR count). The highest BCUT2D eigenvalue weighted by Gasteiger charge is 2.11. The first-order valence-corrected chi connectivity index (χ1v) is 19.2. The third-order valence-corrected chi connectivity index (χ3v) is 9.62.